The van der Waals surface area contributed by atoms with Crippen molar-refractivity contribution in [3.8, 4) is 17.4 Å². The van der Waals surface area contributed by atoms with Crippen LogP contribution in [0.4, 0.5) is 0 Å². The third-order valence-electron chi connectivity index (χ3n) is 3.67. The van der Waals surface area contributed by atoms with Gasteiger partial charge in [-0.15, -0.1) is 5.10 Å². The summed E-state index contributed by atoms with van der Waals surface area (Å²) in [4.78, 5) is 12.9. The molecule has 0 aliphatic rings. The van der Waals surface area contributed by atoms with Crippen LogP contribution in [0.15, 0.2) is 36.8 Å². The summed E-state index contributed by atoms with van der Waals surface area (Å²) in [7, 11) is 3.42. The molecule has 1 aromatic carbocycles. The molecule has 0 atom stereocenters. The van der Waals surface area contributed by atoms with Gasteiger partial charge in [-0.2, -0.15) is 5.10 Å². The van der Waals surface area contributed by atoms with E-state index in [0.29, 0.717) is 29.2 Å². The van der Waals surface area contributed by atoms with E-state index in [0.717, 1.165) is 11.3 Å². The molecular weight excluding hydrogens is 342 g/mol. The van der Waals surface area contributed by atoms with Gasteiger partial charge in [-0.25, -0.2) is 15.0 Å². The number of fused-ring (bicyclic) bond motifs is 1. The molecule has 126 valence electrons. The lowest BCUT2D eigenvalue weighted by atomic mass is 10.2. The average Bonchev–Trinajstić information content (AvgIpc) is 3.22. The predicted octanol–water partition coefficient (Wildman–Crippen LogP) is 2.33. The van der Waals surface area contributed by atoms with Crippen molar-refractivity contribution < 1.29 is 4.74 Å². The van der Waals surface area contributed by atoms with Gasteiger partial charge in [0.25, 0.3) is 0 Å². The Morgan fingerprint density at radius 2 is 1.88 bits per heavy atom. The van der Waals surface area contributed by atoms with E-state index in [1.54, 1.807) is 29.8 Å². The van der Waals surface area contributed by atoms with Crippen LogP contribution in [0.5, 0.6) is 5.75 Å². The van der Waals surface area contributed by atoms with E-state index in [2.05, 4.69) is 25.1 Å². The maximum absolute atomic E-state index is 6.27. The highest BCUT2D eigenvalue weighted by molar-refractivity contribution is 6.33. The van der Waals surface area contributed by atoms with Crippen LogP contribution in [0.3, 0.4) is 0 Å². The maximum atomic E-state index is 6.27. The van der Waals surface area contributed by atoms with Crippen LogP contribution in [-0.2, 0) is 13.6 Å². The van der Waals surface area contributed by atoms with Crippen molar-refractivity contribution in [3.63, 3.8) is 0 Å². The minimum absolute atomic E-state index is 0.279. The van der Waals surface area contributed by atoms with E-state index in [9.17, 15) is 0 Å². The number of rotatable bonds is 4. The minimum atomic E-state index is 0.279. The molecule has 0 aliphatic carbocycles. The van der Waals surface area contributed by atoms with Gasteiger partial charge in [-0.1, -0.05) is 23.7 Å². The highest BCUT2D eigenvalue weighted by Gasteiger charge is 2.14. The number of aromatic nitrogens is 7. The number of halogens is 1. The molecule has 8 nitrogen and oxygen atoms in total. The van der Waals surface area contributed by atoms with E-state index in [1.165, 1.54) is 0 Å². The van der Waals surface area contributed by atoms with Crippen LogP contribution in [0.25, 0.3) is 22.7 Å². The maximum Gasteiger partial charge on any atom is 0.219 e. The highest BCUT2D eigenvalue weighted by Crippen LogP contribution is 2.22. The standard InChI is InChI=1S/C16H14ClN7O/c1-23-9-18-15(22-23)16-19-12-8-24(21-13(12)14(17)20-16)7-10-3-5-11(25-2)6-4-10/h3-6,8-9H,7H2,1-2H3. The Morgan fingerprint density at radius 3 is 2.56 bits per heavy atom. The zero-order valence-corrected chi connectivity index (χ0v) is 14.3. The van der Waals surface area contributed by atoms with Gasteiger partial charge in [-0.3, -0.25) is 9.36 Å². The molecule has 0 saturated heterocycles. The van der Waals surface area contributed by atoms with Crippen LogP contribution in [0, 0.1) is 0 Å². The molecule has 0 N–H and O–H groups in total. The zero-order chi connectivity index (χ0) is 17.4. The summed E-state index contributed by atoms with van der Waals surface area (Å²) in [6, 6.07) is 7.80. The second kappa shape index (κ2) is 6.14. The van der Waals surface area contributed by atoms with Gasteiger partial charge in [0.15, 0.2) is 5.15 Å². The molecule has 3 aromatic heterocycles. The minimum Gasteiger partial charge on any atom is -0.497 e. The third-order valence-corrected chi connectivity index (χ3v) is 3.93. The third kappa shape index (κ3) is 3.03. The van der Waals surface area contributed by atoms with E-state index in [-0.39, 0.29) is 5.15 Å². The second-order valence-corrected chi connectivity index (χ2v) is 5.85. The van der Waals surface area contributed by atoms with E-state index in [4.69, 9.17) is 16.3 Å². The monoisotopic (exact) mass is 355 g/mol. The van der Waals surface area contributed by atoms with Crippen molar-refractivity contribution in [2.75, 3.05) is 7.11 Å². The van der Waals surface area contributed by atoms with Gasteiger partial charge in [0.2, 0.25) is 11.6 Å². The normalized spacial score (nSPS) is 11.2. The van der Waals surface area contributed by atoms with E-state index in [1.807, 2.05) is 30.5 Å². The fourth-order valence-corrected chi connectivity index (χ4v) is 2.68. The first-order valence-corrected chi connectivity index (χ1v) is 7.90. The fourth-order valence-electron chi connectivity index (χ4n) is 2.47. The molecule has 4 rings (SSSR count). The summed E-state index contributed by atoms with van der Waals surface area (Å²) in [5, 5.41) is 8.95. The van der Waals surface area contributed by atoms with Crippen LogP contribution < -0.4 is 4.74 Å². The molecule has 9 heteroatoms. The molecular formula is C16H14ClN7O. The van der Waals surface area contributed by atoms with Crippen molar-refractivity contribution in [1.29, 1.82) is 0 Å². The Kier molecular flexibility index (Phi) is 3.81. The number of nitrogens with zero attached hydrogens (tertiary/aromatic N) is 7. The predicted molar refractivity (Wildman–Crippen MR) is 92.4 cm³/mol. The van der Waals surface area contributed by atoms with Crippen LogP contribution in [0.2, 0.25) is 5.15 Å². The molecule has 0 unspecified atom stereocenters. The SMILES string of the molecule is COc1ccc(Cn2cc3nc(-c4ncn(C)n4)nc(Cl)c3n2)cc1. The number of ether oxygens (including phenoxy) is 1. The molecule has 4 aromatic rings. The molecule has 25 heavy (non-hydrogen) atoms. The number of aryl methyl sites for hydroxylation is 1. The summed E-state index contributed by atoms with van der Waals surface area (Å²) in [6.07, 6.45) is 3.42. The Hall–Kier alpha value is -3.00. The molecule has 3 heterocycles. The number of hydrogen-bond donors (Lipinski definition) is 0. The van der Waals surface area contributed by atoms with Crippen LogP contribution >= 0.6 is 11.6 Å². The Balaban J connectivity index is 1.68. The smallest absolute Gasteiger partial charge is 0.219 e. The van der Waals surface area contributed by atoms with E-state index < -0.39 is 0 Å². The quantitative estimate of drug-likeness (QED) is 0.522. The number of methoxy groups -OCH3 is 1. The van der Waals surface area contributed by atoms with Gasteiger partial charge >= 0.3 is 0 Å². The van der Waals surface area contributed by atoms with Gasteiger partial charge in [-0.05, 0) is 17.7 Å². The van der Waals surface area contributed by atoms with E-state index >= 15 is 0 Å². The largest absolute Gasteiger partial charge is 0.497 e. The lowest BCUT2D eigenvalue weighted by Crippen LogP contribution is -1.99. The molecule has 0 amide bonds. The van der Waals surface area contributed by atoms with Crippen molar-refractivity contribution in [2.24, 2.45) is 7.05 Å². The fraction of sp³-hybridized carbons (Fsp3) is 0.188. The number of hydrogen-bond acceptors (Lipinski definition) is 6. The summed E-state index contributed by atoms with van der Waals surface area (Å²) in [6.45, 7) is 0.591. The average molecular weight is 356 g/mol. The van der Waals surface area contributed by atoms with Gasteiger partial charge in [0.1, 0.15) is 23.1 Å². The first kappa shape index (κ1) is 15.5. The summed E-state index contributed by atoms with van der Waals surface area (Å²) in [5.74, 6) is 1.62. The van der Waals surface area contributed by atoms with Crippen molar-refractivity contribution in [1.82, 2.24) is 34.5 Å². The summed E-state index contributed by atoms with van der Waals surface area (Å²) >= 11 is 6.27. The van der Waals surface area contributed by atoms with Crippen LogP contribution in [-0.4, -0.2) is 41.6 Å². The topological polar surface area (TPSA) is 83.5 Å². The lowest BCUT2D eigenvalue weighted by Gasteiger charge is -2.03. The Bertz CT molecular complexity index is 1040. The first-order valence-electron chi connectivity index (χ1n) is 7.52. The van der Waals surface area contributed by atoms with Crippen molar-refractivity contribution in [3.05, 3.63) is 47.5 Å². The summed E-state index contributed by atoms with van der Waals surface area (Å²) in [5.41, 5.74) is 2.29. The second-order valence-electron chi connectivity index (χ2n) is 5.49. The Labute approximate surface area is 148 Å². The molecule has 0 fully saturated rings. The highest BCUT2D eigenvalue weighted by atomic mass is 35.5. The molecule has 0 bridgehead atoms. The lowest BCUT2D eigenvalue weighted by molar-refractivity contribution is 0.414. The Morgan fingerprint density at radius 1 is 1.08 bits per heavy atom. The van der Waals surface area contributed by atoms with Crippen LogP contribution in [0.1, 0.15) is 5.56 Å². The van der Waals surface area contributed by atoms with Gasteiger partial charge < -0.3 is 4.74 Å². The number of benzene rings is 1. The molecule has 0 radical (unpaired) electrons. The van der Waals surface area contributed by atoms with Crippen molar-refractivity contribution in [2.45, 2.75) is 6.54 Å². The first-order chi connectivity index (χ1) is 12.1. The van der Waals surface area contributed by atoms with Gasteiger partial charge in [0.05, 0.1) is 19.9 Å². The molecule has 0 aliphatic heterocycles. The molecule has 0 saturated carbocycles. The van der Waals surface area contributed by atoms with Gasteiger partial charge in [0, 0.05) is 7.05 Å². The molecule has 0 spiro atoms. The van der Waals surface area contributed by atoms with Crippen molar-refractivity contribution >= 4 is 22.6 Å². The summed E-state index contributed by atoms with van der Waals surface area (Å²) < 4.78 is 8.54. The zero-order valence-electron chi connectivity index (χ0n) is 13.6.